The zero-order valence-electron chi connectivity index (χ0n) is 9.24. The lowest BCUT2D eigenvalue weighted by Gasteiger charge is -2.08. The van der Waals surface area contributed by atoms with Gasteiger partial charge >= 0.3 is 17.1 Å². The average Bonchev–Trinajstić information content (AvgIpc) is 3.22. The summed E-state index contributed by atoms with van der Waals surface area (Å²) in [6, 6.07) is 0. The maximum absolute atomic E-state index is 12.0. The summed E-state index contributed by atoms with van der Waals surface area (Å²) < 4.78 is 12.2. The minimum atomic E-state index is -0.838. The third kappa shape index (κ3) is 2.02. The van der Waals surface area contributed by atoms with Gasteiger partial charge in [0.25, 0.3) is 0 Å². The van der Waals surface area contributed by atoms with Gasteiger partial charge in [-0.3, -0.25) is 0 Å². The molecule has 0 saturated carbocycles. The van der Waals surface area contributed by atoms with Gasteiger partial charge in [0, 0.05) is 11.8 Å². The first kappa shape index (κ1) is 11.7. The standard InChI is InChI=1S/C9H10ClN3O5/c10-13-8(15)11(1-5-3-17-5)7(14)12(9(13)16)2-6-4-18-6/h5-6H,1-4H2. The van der Waals surface area contributed by atoms with Crippen LogP contribution in [0.1, 0.15) is 0 Å². The maximum Gasteiger partial charge on any atom is 0.351 e. The van der Waals surface area contributed by atoms with Crippen molar-refractivity contribution in [2.75, 3.05) is 13.2 Å². The van der Waals surface area contributed by atoms with Gasteiger partial charge in [-0.2, -0.15) is 4.09 Å². The number of hydrogen-bond donors (Lipinski definition) is 0. The molecule has 0 radical (unpaired) electrons. The smallest absolute Gasteiger partial charge is 0.351 e. The van der Waals surface area contributed by atoms with Crippen LogP contribution >= 0.6 is 11.8 Å². The molecule has 2 fully saturated rings. The highest BCUT2D eigenvalue weighted by atomic mass is 35.5. The Bertz CT molecular complexity index is 599. The predicted octanol–water partition coefficient (Wildman–Crippen LogP) is -2.03. The minimum Gasteiger partial charge on any atom is -0.371 e. The van der Waals surface area contributed by atoms with E-state index in [-0.39, 0.29) is 25.3 Å². The number of hydrogen-bond acceptors (Lipinski definition) is 5. The van der Waals surface area contributed by atoms with Crippen molar-refractivity contribution in [2.45, 2.75) is 25.3 Å². The fourth-order valence-corrected chi connectivity index (χ4v) is 1.85. The van der Waals surface area contributed by atoms with Gasteiger partial charge in [0.05, 0.1) is 38.5 Å². The summed E-state index contributed by atoms with van der Waals surface area (Å²) in [5, 5.41) is 0. The van der Waals surface area contributed by atoms with Gasteiger partial charge in [-0.1, -0.05) is 0 Å². The van der Waals surface area contributed by atoms with Crippen molar-refractivity contribution < 1.29 is 9.47 Å². The van der Waals surface area contributed by atoms with E-state index in [1.54, 1.807) is 0 Å². The molecule has 1 aromatic rings. The molecule has 2 aliphatic heterocycles. The van der Waals surface area contributed by atoms with Gasteiger partial charge in [-0.05, 0) is 0 Å². The second-order valence-electron chi connectivity index (χ2n) is 4.26. The van der Waals surface area contributed by atoms with Crippen molar-refractivity contribution in [1.29, 1.82) is 0 Å². The zero-order chi connectivity index (χ0) is 12.9. The molecule has 2 unspecified atom stereocenters. The molecule has 0 amide bonds. The van der Waals surface area contributed by atoms with E-state index in [1.165, 1.54) is 0 Å². The molecule has 0 spiro atoms. The van der Waals surface area contributed by atoms with Crippen LogP contribution in [0, 0.1) is 0 Å². The van der Waals surface area contributed by atoms with Gasteiger partial charge in [0.2, 0.25) is 0 Å². The third-order valence-corrected chi connectivity index (χ3v) is 3.13. The first-order chi connectivity index (χ1) is 8.58. The summed E-state index contributed by atoms with van der Waals surface area (Å²) in [7, 11) is 0. The number of rotatable bonds is 4. The molecule has 8 nitrogen and oxygen atoms in total. The normalized spacial score (nSPS) is 25.2. The lowest BCUT2D eigenvalue weighted by atomic mass is 10.4. The van der Waals surface area contributed by atoms with Crippen molar-refractivity contribution in [3.05, 3.63) is 31.5 Å². The summed E-state index contributed by atoms with van der Waals surface area (Å²) in [5.74, 6) is 0. The summed E-state index contributed by atoms with van der Waals surface area (Å²) in [4.78, 5) is 35.5. The molecule has 2 saturated heterocycles. The molecule has 18 heavy (non-hydrogen) atoms. The number of aromatic nitrogens is 3. The van der Waals surface area contributed by atoms with E-state index in [9.17, 15) is 14.4 Å². The SMILES string of the molecule is O=c1n(Cl)c(=O)n(CC2CO2)c(=O)n1CC1CO1. The molecule has 3 rings (SSSR count). The predicted molar refractivity (Wildman–Crippen MR) is 60.0 cm³/mol. The van der Waals surface area contributed by atoms with Crippen molar-refractivity contribution in [3.63, 3.8) is 0 Å². The molecular formula is C9H10ClN3O5. The summed E-state index contributed by atoms with van der Waals surface area (Å²) in [6.45, 7) is 1.21. The fourth-order valence-electron chi connectivity index (χ4n) is 1.67. The van der Waals surface area contributed by atoms with Crippen molar-refractivity contribution in [3.8, 4) is 0 Å². The van der Waals surface area contributed by atoms with Crippen LogP contribution in [0.5, 0.6) is 0 Å². The molecule has 0 aromatic carbocycles. The summed E-state index contributed by atoms with van der Waals surface area (Å²) in [5.41, 5.74) is -2.35. The number of halogens is 1. The molecular weight excluding hydrogens is 266 g/mol. The number of nitrogens with zero attached hydrogens (tertiary/aromatic N) is 3. The second-order valence-corrected chi connectivity index (χ2v) is 4.60. The Morgan fingerprint density at radius 2 is 1.33 bits per heavy atom. The third-order valence-electron chi connectivity index (χ3n) is 2.84. The van der Waals surface area contributed by atoms with Crippen LogP contribution in [0.3, 0.4) is 0 Å². The second kappa shape index (κ2) is 4.08. The lowest BCUT2D eigenvalue weighted by molar-refractivity contribution is 0.350. The van der Waals surface area contributed by atoms with Crippen LogP contribution in [0.15, 0.2) is 14.4 Å². The van der Waals surface area contributed by atoms with Gasteiger partial charge in [0.15, 0.2) is 0 Å². The van der Waals surface area contributed by atoms with Crippen LogP contribution in [0.4, 0.5) is 0 Å². The molecule has 9 heteroatoms. The van der Waals surface area contributed by atoms with Gasteiger partial charge in [-0.15, -0.1) is 0 Å². The Labute approximate surface area is 105 Å². The molecule has 3 heterocycles. The Hall–Kier alpha value is -1.38. The summed E-state index contributed by atoms with van der Waals surface area (Å²) >= 11 is 5.60. The number of epoxide rings is 2. The highest BCUT2D eigenvalue weighted by Gasteiger charge is 2.29. The van der Waals surface area contributed by atoms with E-state index in [0.29, 0.717) is 17.3 Å². The monoisotopic (exact) mass is 275 g/mol. The van der Waals surface area contributed by atoms with Crippen molar-refractivity contribution in [2.24, 2.45) is 0 Å². The van der Waals surface area contributed by atoms with E-state index < -0.39 is 17.1 Å². The molecule has 0 aliphatic carbocycles. The highest BCUT2D eigenvalue weighted by molar-refractivity contribution is 6.14. The van der Waals surface area contributed by atoms with Crippen LogP contribution in [0.25, 0.3) is 0 Å². The van der Waals surface area contributed by atoms with Crippen LogP contribution in [-0.2, 0) is 22.6 Å². The van der Waals surface area contributed by atoms with Gasteiger partial charge < -0.3 is 9.47 Å². The lowest BCUT2D eigenvalue weighted by Crippen LogP contribution is -2.53. The van der Waals surface area contributed by atoms with E-state index in [0.717, 1.165) is 9.13 Å². The van der Waals surface area contributed by atoms with Crippen molar-refractivity contribution >= 4 is 11.8 Å². The quantitative estimate of drug-likeness (QED) is 0.591. The Kier molecular flexibility index (Phi) is 2.65. The Morgan fingerprint density at radius 3 is 1.67 bits per heavy atom. The first-order valence-electron chi connectivity index (χ1n) is 5.44. The molecule has 0 bridgehead atoms. The first-order valence-corrected chi connectivity index (χ1v) is 5.78. The van der Waals surface area contributed by atoms with E-state index in [1.807, 2.05) is 0 Å². The Morgan fingerprint density at radius 1 is 0.944 bits per heavy atom. The maximum atomic E-state index is 12.0. The molecule has 2 aliphatic rings. The summed E-state index contributed by atoms with van der Waals surface area (Å²) in [6.07, 6.45) is -0.314. The van der Waals surface area contributed by atoms with E-state index in [2.05, 4.69) is 0 Å². The topological polar surface area (TPSA) is 91.1 Å². The molecule has 98 valence electrons. The van der Waals surface area contributed by atoms with Crippen LogP contribution in [0.2, 0.25) is 0 Å². The van der Waals surface area contributed by atoms with Crippen molar-refractivity contribution in [1.82, 2.24) is 13.2 Å². The average molecular weight is 276 g/mol. The highest BCUT2D eigenvalue weighted by Crippen LogP contribution is 2.10. The van der Waals surface area contributed by atoms with E-state index in [4.69, 9.17) is 21.3 Å². The molecule has 2 atom stereocenters. The molecule has 1 aromatic heterocycles. The number of ether oxygens (including phenoxy) is 2. The Balaban J connectivity index is 2.11. The van der Waals surface area contributed by atoms with Gasteiger partial charge in [0.1, 0.15) is 0 Å². The van der Waals surface area contributed by atoms with E-state index >= 15 is 0 Å². The van der Waals surface area contributed by atoms with Crippen LogP contribution in [-0.4, -0.2) is 38.6 Å². The molecule has 0 N–H and O–H groups in total. The minimum absolute atomic E-state index is 0.107. The zero-order valence-corrected chi connectivity index (χ0v) is 10.00. The largest absolute Gasteiger partial charge is 0.371 e. The van der Waals surface area contributed by atoms with Gasteiger partial charge in [-0.25, -0.2) is 23.5 Å². The fraction of sp³-hybridized carbons (Fsp3) is 0.667. The van der Waals surface area contributed by atoms with Crippen LogP contribution < -0.4 is 17.1 Å².